The van der Waals surface area contributed by atoms with Crippen LogP contribution >= 0.6 is 11.8 Å². The van der Waals surface area contributed by atoms with Crippen molar-refractivity contribution in [3.8, 4) is 0 Å². The molecule has 6 aliphatic rings. The molecule has 200 valence electrons. The van der Waals surface area contributed by atoms with Gasteiger partial charge in [-0.3, -0.25) is 9.59 Å². The third kappa shape index (κ3) is 3.06. The summed E-state index contributed by atoms with van der Waals surface area (Å²) >= 11 is 1.41. The normalized spacial score (nSPS) is 53.8. The fraction of sp³-hybridized carbons (Fsp3) is 0.852. The van der Waals surface area contributed by atoms with Crippen LogP contribution < -0.4 is 0 Å². The second-order valence-electron chi connectivity index (χ2n) is 12.1. The second-order valence-corrected chi connectivity index (χ2v) is 13.6. The number of esters is 1. The predicted octanol–water partition coefficient (Wildman–Crippen LogP) is 4.43. The number of allylic oxidation sites excluding steroid dienone is 1. The number of hydrogen-bond donors (Lipinski definition) is 1. The van der Waals surface area contributed by atoms with Crippen LogP contribution in [0.3, 0.4) is 0 Å². The van der Waals surface area contributed by atoms with Gasteiger partial charge in [-0.05, 0) is 49.7 Å². The lowest BCUT2D eigenvalue weighted by atomic mass is 9.44. The van der Waals surface area contributed by atoms with Gasteiger partial charge in [-0.1, -0.05) is 27.2 Å². The highest BCUT2D eigenvalue weighted by Crippen LogP contribution is 2.74. The SMILES string of the molecule is CCC[C@@H]1O[C@@H]2C[C@H]3[C@@H]4C[C@H](F)C5=CC(=O)CC[C@]5(C)[C@@]4(F)[C@@H](O)C[C@]3(C)[C@@]2(S[C@@H]2CCOC2=O)O1. The Morgan fingerprint density at radius 2 is 2.00 bits per heavy atom. The molecule has 11 atom stereocenters. The van der Waals surface area contributed by atoms with Crippen LogP contribution in [0.15, 0.2) is 11.6 Å². The summed E-state index contributed by atoms with van der Waals surface area (Å²) in [6.45, 7) is 6.10. The molecule has 0 aromatic heterocycles. The van der Waals surface area contributed by atoms with E-state index < -0.39 is 57.3 Å². The first-order chi connectivity index (χ1) is 17.0. The molecule has 5 fully saturated rings. The Morgan fingerprint density at radius 3 is 2.69 bits per heavy atom. The van der Waals surface area contributed by atoms with Crippen LogP contribution in [0, 0.1) is 22.7 Å². The predicted molar refractivity (Wildman–Crippen MR) is 128 cm³/mol. The number of rotatable bonds is 4. The average Bonchev–Trinajstić information content (AvgIpc) is 3.44. The molecule has 4 aliphatic carbocycles. The van der Waals surface area contributed by atoms with Gasteiger partial charge < -0.3 is 19.3 Å². The zero-order valence-electron chi connectivity index (χ0n) is 21.1. The fourth-order valence-electron chi connectivity index (χ4n) is 8.66. The van der Waals surface area contributed by atoms with Crippen molar-refractivity contribution in [1.29, 1.82) is 0 Å². The van der Waals surface area contributed by atoms with Gasteiger partial charge in [0.05, 0.1) is 12.7 Å². The van der Waals surface area contributed by atoms with Gasteiger partial charge in [-0.25, -0.2) is 8.78 Å². The molecule has 2 saturated heterocycles. The van der Waals surface area contributed by atoms with Gasteiger partial charge in [0, 0.05) is 29.6 Å². The fourth-order valence-corrected chi connectivity index (χ4v) is 10.4. The highest BCUT2D eigenvalue weighted by atomic mass is 32.2. The Kier molecular flexibility index (Phi) is 5.78. The van der Waals surface area contributed by atoms with E-state index in [0.29, 0.717) is 25.9 Å². The van der Waals surface area contributed by atoms with Crippen molar-refractivity contribution in [3.63, 3.8) is 0 Å². The molecule has 1 N–H and O–H groups in total. The first kappa shape index (κ1) is 25.3. The minimum absolute atomic E-state index is 0.0835. The Bertz CT molecular complexity index is 1010. The first-order valence-electron chi connectivity index (χ1n) is 13.4. The number of hydrogen-bond acceptors (Lipinski definition) is 7. The highest BCUT2D eigenvalue weighted by molar-refractivity contribution is 8.01. The van der Waals surface area contributed by atoms with Crippen LogP contribution in [0.2, 0.25) is 0 Å². The van der Waals surface area contributed by atoms with Gasteiger partial charge in [-0.2, -0.15) is 0 Å². The second kappa shape index (κ2) is 8.23. The van der Waals surface area contributed by atoms with Gasteiger partial charge in [0.2, 0.25) is 0 Å². The van der Waals surface area contributed by atoms with E-state index in [1.54, 1.807) is 6.92 Å². The van der Waals surface area contributed by atoms with Crippen LogP contribution in [0.1, 0.15) is 72.1 Å². The number of thioether (sulfide) groups is 1. The summed E-state index contributed by atoms with van der Waals surface area (Å²) in [5, 5.41) is 11.2. The maximum atomic E-state index is 17.5. The number of halogens is 2. The number of cyclic esters (lactones) is 1. The van der Waals surface area contributed by atoms with Crippen molar-refractivity contribution < 1.29 is 37.7 Å². The molecule has 0 bridgehead atoms. The molecule has 0 amide bonds. The summed E-state index contributed by atoms with van der Waals surface area (Å²) in [6, 6.07) is 0. The molecule has 6 nitrogen and oxygen atoms in total. The van der Waals surface area contributed by atoms with Crippen molar-refractivity contribution in [2.75, 3.05) is 6.61 Å². The molecule has 0 unspecified atom stereocenters. The number of aliphatic hydroxyl groups is 1. The van der Waals surface area contributed by atoms with E-state index in [-0.39, 0.29) is 48.9 Å². The molecule has 0 spiro atoms. The van der Waals surface area contributed by atoms with Crippen LogP contribution in [0.25, 0.3) is 0 Å². The van der Waals surface area contributed by atoms with Gasteiger partial charge >= 0.3 is 5.97 Å². The molecule has 0 aromatic carbocycles. The smallest absolute Gasteiger partial charge is 0.319 e. The van der Waals surface area contributed by atoms with Crippen molar-refractivity contribution in [2.45, 2.75) is 113 Å². The Hall–Kier alpha value is -1.03. The summed E-state index contributed by atoms with van der Waals surface area (Å²) in [7, 11) is 0. The zero-order valence-corrected chi connectivity index (χ0v) is 22.0. The van der Waals surface area contributed by atoms with E-state index in [4.69, 9.17) is 14.2 Å². The lowest BCUT2D eigenvalue weighted by Crippen LogP contribution is -2.70. The molecular weight excluding hydrogens is 490 g/mol. The monoisotopic (exact) mass is 526 g/mol. The quantitative estimate of drug-likeness (QED) is 0.543. The maximum Gasteiger partial charge on any atom is 0.319 e. The number of carbonyl (C=O) groups excluding carboxylic acids is 2. The van der Waals surface area contributed by atoms with Gasteiger partial charge in [0.1, 0.15) is 28.1 Å². The summed E-state index contributed by atoms with van der Waals surface area (Å²) in [4.78, 5) is 23.7. The Labute approximate surface area is 214 Å². The number of alkyl halides is 2. The Balaban J connectivity index is 1.42. The minimum Gasteiger partial charge on any atom is -0.465 e. The summed E-state index contributed by atoms with van der Waals surface area (Å²) < 4.78 is 51.5. The minimum atomic E-state index is -2.06. The van der Waals surface area contributed by atoms with E-state index in [0.717, 1.165) is 6.42 Å². The molecule has 6 rings (SSSR count). The van der Waals surface area contributed by atoms with E-state index in [2.05, 4.69) is 0 Å². The van der Waals surface area contributed by atoms with E-state index in [9.17, 15) is 14.7 Å². The molecule has 0 radical (unpaired) electrons. The topological polar surface area (TPSA) is 82.1 Å². The molecular formula is C27H36F2O6S. The van der Waals surface area contributed by atoms with Gasteiger partial charge in [0.25, 0.3) is 0 Å². The molecule has 36 heavy (non-hydrogen) atoms. The van der Waals surface area contributed by atoms with Crippen molar-refractivity contribution in [2.24, 2.45) is 22.7 Å². The third-order valence-electron chi connectivity index (χ3n) is 10.5. The maximum absolute atomic E-state index is 17.5. The van der Waals surface area contributed by atoms with Crippen molar-refractivity contribution in [3.05, 3.63) is 11.6 Å². The van der Waals surface area contributed by atoms with E-state index in [1.165, 1.54) is 17.8 Å². The van der Waals surface area contributed by atoms with Gasteiger partial charge in [-0.15, -0.1) is 11.8 Å². The Morgan fingerprint density at radius 1 is 1.22 bits per heavy atom. The van der Waals surface area contributed by atoms with Crippen LogP contribution in [0.5, 0.6) is 0 Å². The number of ketones is 1. The van der Waals surface area contributed by atoms with Crippen LogP contribution in [-0.4, -0.2) is 64.0 Å². The first-order valence-corrected chi connectivity index (χ1v) is 14.3. The largest absolute Gasteiger partial charge is 0.465 e. The molecule has 0 aromatic rings. The van der Waals surface area contributed by atoms with Gasteiger partial charge in [0.15, 0.2) is 12.1 Å². The lowest BCUT2D eigenvalue weighted by molar-refractivity contribution is -0.232. The number of aliphatic hydroxyl groups excluding tert-OH is 1. The standard InChI is InChI=1S/C27H36F2O6S/c1-4-5-22-34-21-12-15-16-11-18(28)17-10-14(30)6-8-24(17,2)26(16,29)20(31)13-25(15,3)27(21,35-22)36-19-7-9-33-23(19)32/h10,15-16,18-22,31H,4-9,11-13H2,1-3H3/t15-,16-,18-,19+,20-,21+,22+,24-,25-,26-,27+/m0/s1. The summed E-state index contributed by atoms with van der Waals surface area (Å²) in [6.07, 6.45) is 0.628. The summed E-state index contributed by atoms with van der Waals surface area (Å²) in [5.41, 5.74) is -3.85. The van der Waals surface area contributed by atoms with Crippen LogP contribution in [0.4, 0.5) is 8.78 Å². The average molecular weight is 527 g/mol. The zero-order chi connectivity index (χ0) is 25.7. The third-order valence-corrected chi connectivity index (χ3v) is 12.3. The van der Waals surface area contributed by atoms with E-state index >= 15 is 8.78 Å². The molecule has 2 heterocycles. The molecule has 3 saturated carbocycles. The van der Waals surface area contributed by atoms with E-state index in [1.807, 2.05) is 13.8 Å². The highest BCUT2D eigenvalue weighted by Gasteiger charge is 2.79. The number of ether oxygens (including phenoxy) is 3. The summed E-state index contributed by atoms with van der Waals surface area (Å²) in [5.74, 6) is -1.53. The van der Waals surface area contributed by atoms with Crippen LogP contribution in [-0.2, 0) is 23.8 Å². The lowest BCUT2D eigenvalue weighted by Gasteiger charge is -2.64. The van der Waals surface area contributed by atoms with Crippen molar-refractivity contribution in [1.82, 2.24) is 0 Å². The van der Waals surface area contributed by atoms with Crippen molar-refractivity contribution >= 4 is 23.5 Å². The number of carbonyl (C=O) groups is 2. The molecule has 2 aliphatic heterocycles. The molecule has 9 heteroatoms. The number of fused-ring (bicyclic) bond motifs is 7.